The van der Waals surface area contributed by atoms with Crippen molar-refractivity contribution in [2.75, 3.05) is 6.54 Å². The second-order valence-electron chi connectivity index (χ2n) is 6.65. The van der Waals surface area contributed by atoms with Crippen molar-refractivity contribution in [1.82, 2.24) is 19.2 Å². The number of fused-ring (bicyclic) bond motifs is 1. The second kappa shape index (κ2) is 6.07. The molecule has 0 unspecified atom stereocenters. The number of aromatic nitrogens is 3. The molecule has 0 N–H and O–H groups in total. The van der Waals surface area contributed by atoms with Crippen LogP contribution in [0.5, 0.6) is 0 Å². The number of rotatable bonds is 3. The number of aryl methyl sites for hydroxylation is 3. The number of nitrogens with zero attached hydrogens (tertiary/aromatic N) is 4. The summed E-state index contributed by atoms with van der Waals surface area (Å²) in [5, 5.41) is 8.06. The van der Waals surface area contributed by atoms with Crippen molar-refractivity contribution < 1.29 is 12.9 Å². The van der Waals surface area contributed by atoms with E-state index < -0.39 is 10.0 Å². The van der Waals surface area contributed by atoms with Gasteiger partial charge in [-0.3, -0.25) is 4.68 Å². The number of sulfonamides is 1. The van der Waals surface area contributed by atoms with Gasteiger partial charge in [-0.15, -0.1) is 0 Å². The Kier molecular flexibility index (Phi) is 3.96. The third-order valence-corrected chi connectivity index (χ3v) is 6.91. The van der Waals surface area contributed by atoms with E-state index in [-0.39, 0.29) is 10.8 Å². The van der Waals surface area contributed by atoms with E-state index >= 15 is 0 Å². The molecule has 0 radical (unpaired) electrons. The topological polar surface area (TPSA) is 81.2 Å². The fraction of sp³-hybridized carbons (Fsp3) is 0.333. The number of hydrogen-bond acceptors (Lipinski definition) is 5. The predicted octanol–water partition coefficient (Wildman–Crippen LogP) is 2.36. The Bertz CT molecular complexity index is 1050. The summed E-state index contributed by atoms with van der Waals surface area (Å²) in [5.74, 6) is 0.253. The molecule has 0 aliphatic carbocycles. The van der Waals surface area contributed by atoms with Crippen LogP contribution in [-0.4, -0.2) is 34.2 Å². The molecule has 7 nitrogen and oxygen atoms in total. The highest BCUT2D eigenvalue weighted by molar-refractivity contribution is 7.89. The van der Waals surface area contributed by atoms with Gasteiger partial charge in [-0.25, -0.2) is 8.42 Å². The molecular formula is C18H20N4O3S. The van der Waals surface area contributed by atoms with Crippen LogP contribution in [0.3, 0.4) is 0 Å². The number of hydrogen-bond donors (Lipinski definition) is 0. The summed E-state index contributed by atoms with van der Waals surface area (Å²) >= 11 is 0. The SMILES string of the molecule is Cc1noc(C)c1S(=O)(=O)N1Cc2ccccc2[C@H](c2cnn(C)c2)C1. The molecular weight excluding hydrogens is 352 g/mol. The standard InChI is InChI=1S/C18H20N4O3S/c1-12-18(13(2)25-20-12)26(23,24)22-10-14-6-4-5-7-16(14)17(11-22)15-8-19-21(3)9-15/h4-9,17H,10-11H2,1-3H3/t17-/m0/s1. The summed E-state index contributed by atoms with van der Waals surface area (Å²) < 4.78 is 34.9. The normalized spacial score (nSPS) is 18.0. The molecule has 2 aromatic heterocycles. The van der Waals surface area contributed by atoms with E-state index in [2.05, 4.69) is 16.3 Å². The lowest BCUT2D eigenvalue weighted by molar-refractivity contribution is 0.368. The Balaban J connectivity index is 1.81. The van der Waals surface area contributed by atoms with E-state index in [1.54, 1.807) is 24.7 Å². The van der Waals surface area contributed by atoms with E-state index in [4.69, 9.17) is 4.52 Å². The van der Waals surface area contributed by atoms with Crippen LogP contribution in [0.25, 0.3) is 0 Å². The zero-order valence-electron chi connectivity index (χ0n) is 14.9. The Morgan fingerprint density at radius 1 is 1.23 bits per heavy atom. The molecule has 8 heteroatoms. The molecule has 1 atom stereocenters. The van der Waals surface area contributed by atoms with Gasteiger partial charge in [0.1, 0.15) is 10.6 Å². The summed E-state index contributed by atoms with van der Waals surface area (Å²) in [4.78, 5) is 0.168. The molecule has 0 saturated heterocycles. The van der Waals surface area contributed by atoms with Crippen LogP contribution in [0.1, 0.15) is 34.1 Å². The third kappa shape index (κ3) is 2.65. The summed E-state index contributed by atoms with van der Waals surface area (Å²) in [6.07, 6.45) is 3.74. The van der Waals surface area contributed by atoms with E-state index in [9.17, 15) is 8.42 Å². The van der Waals surface area contributed by atoms with Gasteiger partial charge < -0.3 is 4.52 Å². The highest BCUT2D eigenvalue weighted by atomic mass is 32.2. The Hall–Kier alpha value is -2.45. The van der Waals surface area contributed by atoms with Crippen LogP contribution in [0.4, 0.5) is 0 Å². The fourth-order valence-electron chi connectivity index (χ4n) is 3.63. The van der Waals surface area contributed by atoms with Crippen molar-refractivity contribution >= 4 is 10.0 Å². The Morgan fingerprint density at radius 2 is 2.00 bits per heavy atom. The van der Waals surface area contributed by atoms with Gasteiger partial charge in [-0.05, 0) is 30.5 Å². The molecule has 0 fully saturated rings. The van der Waals surface area contributed by atoms with Gasteiger partial charge in [0.05, 0.1) is 6.20 Å². The molecule has 0 amide bonds. The maximum atomic E-state index is 13.3. The lowest BCUT2D eigenvalue weighted by atomic mass is 9.87. The van der Waals surface area contributed by atoms with Crippen LogP contribution >= 0.6 is 0 Å². The summed E-state index contributed by atoms with van der Waals surface area (Å²) in [7, 11) is -1.85. The van der Waals surface area contributed by atoms with Gasteiger partial charge in [0.15, 0.2) is 5.76 Å². The largest absolute Gasteiger partial charge is 0.360 e. The molecule has 3 aromatic rings. The highest BCUT2D eigenvalue weighted by Crippen LogP contribution is 2.36. The van der Waals surface area contributed by atoms with Gasteiger partial charge in [-0.2, -0.15) is 9.40 Å². The summed E-state index contributed by atoms with van der Waals surface area (Å²) in [6.45, 7) is 3.97. The van der Waals surface area contributed by atoms with E-state index in [1.807, 2.05) is 31.4 Å². The highest BCUT2D eigenvalue weighted by Gasteiger charge is 2.37. The molecule has 1 aliphatic rings. The van der Waals surface area contributed by atoms with Crippen molar-refractivity contribution in [2.45, 2.75) is 31.2 Å². The molecule has 0 bridgehead atoms. The van der Waals surface area contributed by atoms with Crippen molar-refractivity contribution in [3.8, 4) is 0 Å². The van der Waals surface area contributed by atoms with Crippen molar-refractivity contribution in [3.63, 3.8) is 0 Å². The molecule has 0 spiro atoms. The molecule has 1 aromatic carbocycles. The minimum absolute atomic E-state index is 0.0658. The Labute approximate surface area is 152 Å². The average molecular weight is 372 g/mol. The molecule has 3 heterocycles. The zero-order chi connectivity index (χ0) is 18.5. The fourth-order valence-corrected chi connectivity index (χ4v) is 5.36. The summed E-state index contributed by atoms with van der Waals surface area (Å²) in [5.41, 5.74) is 3.53. The van der Waals surface area contributed by atoms with Gasteiger partial charge in [0.2, 0.25) is 10.0 Å². The van der Waals surface area contributed by atoms with Crippen LogP contribution in [0.15, 0.2) is 46.1 Å². The van der Waals surface area contributed by atoms with E-state index in [0.29, 0.717) is 24.5 Å². The maximum Gasteiger partial charge on any atom is 0.248 e. The van der Waals surface area contributed by atoms with Gasteiger partial charge in [0, 0.05) is 32.3 Å². The van der Waals surface area contributed by atoms with Crippen molar-refractivity contribution in [1.29, 1.82) is 0 Å². The Morgan fingerprint density at radius 3 is 2.65 bits per heavy atom. The lowest BCUT2D eigenvalue weighted by Crippen LogP contribution is -2.38. The maximum absolute atomic E-state index is 13.3. The number of benzene rings is 1. The smallest absolute Gasteiger partial charge is 0.248 e. The first kappa shape index (κ1) is 17.0. The van der Waals surface area contributed by atoms with Crippen LogP contribution in [0, 0.1) is 13.8 Å². The second-order valence-corrected chi connectivity index (χ2v) is 8.52. The quantitative estimate of drug-likeness (QED) is 0.705. The molecule has 26 heavy (non-hydrogen) atoms. The average Bonchev–Trinajstić information content (AvgIpc) is 3.19. The van der Waals surface area contributed by atoms with Crippen LogP contribution < -0.4 is 0 Å². The predicted molar refractivity (Wildman–Crippen MR) is 95.1 cm³/mol. The zero-order valence-corrected chi connectivity index (χ0v) is 15.7. The monoisotopic (exact) mass is 372 g/mol. The minimum Gasteiger partial charge on any atom is -0.360 e. The molecule has 0 saturated carbocycles. The van der Waals surface area contributed by atoms with Crippen LogP contribution in [0.2, 0.25) is 0 Å². The molecule has 4 rings (SSSR count). The van der Waals surface area contributed by atoms with Gasteiger partial charge >= 0.3 is 0 Å². The first-order valence-corrected chi connectivity index (χ1v) is 9.81. The minimum atomic E-state index is -3.71. The molecule has 136 valence electrons. The first-order chi connectivity index (χ1) is 12.4. The molecule has 1 aliphatic heterocycles. The van der Waals surface area contributed by atoms with E-state index in [1.165, 1.54) is 4.31 Å². The van der Waals surface area contributed by atoms with Crippen molar-refractivity contribution in [2.24, 2.45) is 7.05 Å². The van der Waals surface area contributed by atoms with Crippen molar-refractivity contribution in [3.05, 3.63) is 64.8 Å². The van der Waals surface area contributed by atoms with Gasteiger partial charge in [0.25, 0.3) is 0 Å². The third-order valence-electron chi connectivity index (χ3n) is 4.86. The van der Waals surface area contributed by atoms with E-state index in [0.717, 1.165) is 16.7 Å². The lowest BCUT2D eigenvalue weighted by Gasteiger charge is -2.33. The van der Waals surface area contributed by atoms with Crippen LogP contribution in [-0.2, 0) is 23.6 Å². The first-order valence-electron chi connectivity index (χ1n) is 8.37. The summed E-state index contributed by atoms with van der Waals surface area (Å²) in [6, 6.07) is 7.96. The van der Waals surface area contributed by atoms with Gasteiger partial charge in [-0.1, -0.05) is 29.4 Å².